The Morgan fingerprint density at radius 3 is 2.71 bits per heavy atom. The number of carbonyl (C=O) groups excluding carboxylic acids is 1. The molecule has 0 spiro atoms. The summed E-state index contributed by atoms with van der Waals surface area (Å²) in [7, 11) is 3.89. The highest BCUT2D eigenvalue weighted by molar-refractivity contribution is 5.92. The van der Waals surface area contributed by atoms with Gasteiger partial charge in [-0.2, -0.15) is 0 Å². The van der Waals surface area contributed by atoms with E-state index in [1.807, 2.05) is 43.3 Å². The number of primary amides is 1. The molecule has 0 heterocycles. The summed E-state index contributed by atoms with van der Waals surface area (Å²) in [4.78, 5) is 12.4. The number of nitrogens with zero attached hydrogens (tertiary/aromatic N) is 1. The van der Waals surface area contributed by atoms with Crippen LogP contribution in [0, 0.1) is 11.8 Å². The van der Waals surface area contributed by atoms with Crippen LogP contribution in [-0.4, -0.2) is 20.0 Å². The minimum absolute atomic E-state index is 0.611. The van der Waals surface area contributed by atoms with Crippen molar-refractivity contribution < 1.29 is 4.79 Å². The molecular formula is C11H12N2O. The van der Waals surface area contributed by atoms with E-state index in [9.17, 15) is 4.79 Å². The molecule has 1 rings (SSSR count). The Balaban J connectivity index is 2.96. The first-order valence-electron chi connectivity index (χ1n) is 4.18. The van der Waals surface area contributed by atoms with Crippen molar-refractivity contribution in [3.8, 4) is 11.8 Å². The predicted octanol–water partition coefficient (Wildman–Crippen LogP) is 0.589. The lowest BCUT2D eigenvalue weighted by atomic mass is 10.2. The molecule has 1 aromatic rings. The van der Waals surface area contributed by atoms with E-state index >= 15 is 0 Å². The Bertz CT molecular complexity index is 399. The molecule has 0 saturated carbocycles. The fourth-order valence-electron chi connectivity index (χ4n) is 0.996. The third kappa shape index (κ3) is 2.83. The van der Waals surface area contributed by atoms with Crippen LogP contribution in [0.15, 0.2) is 24.3 Å². The highest BCUT2D eigenvalue weighted by Crippen LogP contribution is 2.12. The van der Waals surface area contributed by atoms with Gasteiger partial charge in [-0.1, -0.05) is 12.0 Å². The van der Waals surface area contributed by atoms with Gasteiger partial charge >= 0.3 is 0 Å². The Hall–Kier alpha value is -1.95. The van der Waals surface area contributed by atoms with Crippen LogP contribution in [0.2, 0.25) is 0 Å². The first kappa shape index (κ1) is 10.1. The van der Waals surface area contributed by atoms with Crippen molar-refractivity contribution in [3.05, 3.63) is 29.8 Å². The zero-order valence-electron chi connectivity index (χ0n) is 8.24. The second kappa shape index (κ2) is 4.33. The standard InChI is InChI=1S/C11H12N2O/c1-13(2)10-5-3-4-9(8-10)6-7-11(12)14/h3-5,8H,1-2H3,(H2,12,14). The first-order valence-corrected chi connectivity index (χ1v) is 4.18. The smallest absolute Gasteiger partial charge is 0.293 e. The van der Waals surface area contributed by atoms with E-state index in [2.05, 4.69) is 11.8 Å². The molecule has 3 heteroatoms. The van der Waals surface area contributed by atoms with Gasteiger partial charge in [0.2, 0.25) is 0 Å². The number of rotatable bonds is 1. The third-order valence-electron chi connectivity index (χ3n) is 1.69. The van der Waals surface area contributed by atoms with Gasteiger partial charge in [-0.15, -0.1) is 0 Å². The predicted molar refractivity (Wildman–Crippen MR) is 56.8 cm³/mol. The van der Waals surface area contributed by atoms with Gasteiger partial charge in [0.1, 0.15) is 0 Å². The first-order chi connectivity index (χ1) is 6.59. The van der Waals surface area contributed by atoms with E-state index < -0.39 is 5.91 Å². The molecule has 0 aliphatic carbocycles. The van der Waals surface area contributed by atoms with E-state index in [4.69, 9.17) is 5.73 Å². The molecule has 0 aliphatic heterocycles. The van der Waals surface area contributed by atoms with Gasteiger partial charge in [0.05, 0.1) is 0 Å². The fourth-order valence-corrected chi connectivity index (χ4v) is 0.996. The monoisotopic (exact) mass is 188 g/mol. The molecule has 0 atom stereocenters. The normalized spacial score (nSPS) is 8.71. The summed E-state index contributed by atoms with van der Waals surface area (Å²) < 4.78 is 0. The Kier molecular flexibility index (Phi) is 3.14. The lowest BCUT2D eigenvalue weighted by molar-refractivity contribution is -0.112. The Labute approximate surface area is 83.5 Å². The van der Waals surface area contributed by atoms with Crippen molar-refractivity contribution >= 4 is 11.6 Å². The SMILES string of the molecule is CN(C)c1cccc(C#CC(N)=O)c1. The van der Waals surface area contributed by atoms with Crippen LogP contribution in [0.1, 0.15) is 5.56 Å². The zero-order chi connectivity index (χ0) is 10.6. The van der Waals surface area contributed by atoms with Crippen LogP contribution in [0.5, 0.6) is 0 Å². The van der Waals surface area contributed by atoms with Crippen LogP contribution < -0.4 is 10.6 Å². The van der Waals surface area contributed by atoms with Gasteiger partial charge in [-0.25, -0.2) is 0 Å². The van der Waals surface area contributed by atoms with Gasteiger partial charge in [-0.05, 0) is 24.1 Å². The molecule has 1 aromatic carbocycles. The summed E-state index contributed by atoms with van der Waals surface area (Å²) >= 11 is 0. The number of anilines is 1. The maximum absolute atomic E-state index is 10.4. The van der Waals surface area contributed by atoms with Crippen molar-refractivity contribution in [1.29, 1.82) is 0 Å². The molecule has 0 radical (unpaired) electrons. The van der Waals surface area contributed by atoms with Gasteiger partial charge in [0, 0.05) is 25.3 Å². The molecular weight excluding hydrogens is 176 g/mol. The molecule has 0 unspecified atom stereocenters. The minimum atomic E-state index is -0.611. The topological polar surface area (TPSA) is 46.3 Å². The van der Waals surface area contributed by atoms with Crippen LogP contribution in [0.3, 0.4) is 0 Å². The Morgan fingerprint density at radius 1 is 1.43 bits per heavy atom. The van der Waals surface area contributed by atoms with Gasteiger partial charge in [0.25, 0.3) is 5.91 Å². The van der Waals surface area contributed by atoms with Gasteiger partial charge in [-0.3, -0.25) is 4.79 Å². The van der Waals surface area contributed by atoms with E-state index in [1.165, 1.54) is 0 Å². The molecule has 0 bridgehead atoms. The molecule has 0 fully saturated rings. The summed E-state index contributed by atoms with van der Waals surface area (Å²) in [6, 6.07) is 7.59. The third-order valence-corrected chi connectivity index (χ3v) is 1.69. The van der Waals surface area contributed by atoms with Crippen LogP contribution >= 0.6 is 0 Å². The summed E-state index contributed by atoms with van der Waals surface area (Å²) in [5.41, 5.74) is 6.75. The van der Waals surface area contributed by atoms with Crippen molar-refractivity contribution in [2.45, 2.75) is 0 Å². The van der Waals surface area contributed by atoms with E-state index in [1.54, 1.807) is 0 Å². The number of carbonyl (C=O) groups is 1. The highest BCUT2D eigenvalue weighted by Gasteiger charge is 1.94. The molecule has 14 heavy (non-hydrogen) atoms. The minimum Gasteiger partial charge on any atom is -0.378 e. The number of benzene rings is 1. The Morgan fingerprint density at radius 2 is 2.14 bits per heavy atom. The van der Waals surface area contributed by atoms with Gasteiger partial charge < -0.3 is 10.6 Å². The van der Waals surface area contributed by atoms with Crippen LogP contribution in [-0.2, 0) is 4.79 Å². The summed E-state index contributed by atoms with van der Waals surface area (Å²) in [6.45, 7) is 0. The van der Waals surface area contributed by atoms with Crippen molar-refractivity contribution in [2.75, 3.05) is 19.0 Å². The summed E-state index contributed by atoms with van der Waals surface area (Å²) in [6.07, 6.45) is 0. The highest BCUT2D eigenvalue weighted by atomic mass is 16.1. The summed E-state index contributed by atoms with van der Waals surface area (Å²) in [5, 5.41) is 0. The molecule has 0 aliphatic rings. The number of hydrogen-bond donors (Lipinski definition) is 1. The maximum atomic E-state index is 10.4. The van der Waals surface area contributed by atoms with Crippen molar-refractivity contribution in [2.24, 2.45) is 5.73 Å². The molecule has 3 nitrogen and oxygen atoms in total. The molecule has 72 valence electrons. The fraction of sp³-hybridized carbons (Fsp3) is 0.182. The van der Waals surface area contributed by atoms with Crippen LogP contribution in [0.25, 0.3) is 0 Å². The second-order valence-corrected chi connectivity index (χ2v) is 3.06. The number of hydrogen-bond acceptors (Lipinski definition) is 2. The zero-order valence-corrected chi connectivity index (χ0v) is 8.24. The average Bonchev–Trinajstić information content (AvgIpc) is 2.15. The average molecular weight is 188 g/mol. The molecule has 0 saturated heterocycles. The lowest BCUT2D eigenvalue weighted by Gasteiger charge is -2.11. The lowest BCUT2D eigenvalue weighted by Crippen LogP contribution is -2.08. The number of amides is 1. The van der Waals surface area contributed by atoms with Crippen molar-refractivity contribution in [3.63, 3.8) is 0 Å². The van der Waals surface area contributed by atoms with Gasteiger partial charge in [0.15, 0.2) is 0 Å². The maximum Gasteiger partial charge on any atom is 0.293 e. The van der Waals surface area contributed by atoms with E-state index in [0.29, 0.717) is 0 Å². The quantitative estimate of drug-likeness (QED) is 0.656. The number of nitrogens with two attached hydrogens (primary N) is 1. The largest absolute Gasteiger partial charge is 0.378 e. The van der Waals surface area contributed by atoms with E-state index in [-0.39, 0.29) is 0 Å². The van der Waals surface area contributed by atoms with Crippen LogP contribution in [0.4, 0.5) is 5.69 Å². The summed E-state index contributed by atoms with van der Waals surface area (Å²) in [5.74, 6) is 4.38. The molecule has 0 aromatic heterocycles. The second-order valence-electron chi connectivity index (χ2n) is 3.06. The molecule has 1 amide bonds. The van der Waals surface area contributed by atoms with Crippen molar-refractivity contribution in [1.82, 2.24) is 0 Å². The van der Waals surface area contributed by atoms with E-state index in [0.717, 1.165) is 11.3 Å². The molecule has 2 N–H and O–H groups in total.